The van der Waals surface area contributed by atoms with E-state index in [4.69, 9.17) is 0 Å². The van der Waals surface area contributed by atoms with Crippen molar-refractivity contribution in [1.29, 1.82) is 0 Å². The van der Waals surface area contributed by atoms with Gasteiger partial charge in [-0.1, -0.05) is 13.8 Å². The van der Waals surface area contributed by atoms with Crippen LogP contribution in [0.4, 0.5) is 5.69 Å². The Kier molecular flexibility index (Phi) is 5.00. The monoisotopic (exact) mass is 310 g/mol. The molecule has 0 saturated heterocycles. The van der Waals surface area contributed by atoms with E-state index in [-0.39, 0.29) is 10.8 Å². The molecule has 1 aliphatic rings. The van der Waals surface area contributed by atoms with Crippen LogP contribution in [0.3, 0.4) is 0 Å². The summed E-state index contributed by atoms with van der Waals surface area (Å²) in [7, 11) is -3.48. The number of fused-ring (bicyclic) bond motifs is 1. The lowest BCUT2D eigenvalue weighted by molar-refractivity contribution is -0.116. The number of sulfonamides is 1. The molecule has 1 aromatic carbocycles. The third kappa shape index (κ3) is 4.28. The van der Waals surface area contributed by atoms with Crippen LogP contribution in [0.15, 0.2) is 23.1 Å². The number of carbonyl (C=O) groups excluding carboxylic acids is 1. The first kappa shape index (κ1) is 16.0. The van der Waals surface area contributed by atoms with Gasteiger partial charge in [-0.05, 0) is 48.9 Å². The molecule has 0 unspecified atom stereocenters. The van der Waals surface area contributed by atoms with Crippen molar-refractivity contribution in [2.24, 2.45) is 5.92 Å². The zero-order valence-electron chi connectivity index (χ0n) is 12.5. The van der Waals surface area contributed by atoms with Crippen molar-refractivity contribution in [3.63, 3.8) is 0 Å². The highest BCUT2D eigenvalue weighted by molar-refractivity contribution is 7.89. The summed E-state index contributed by atoms with van der Waals surface area (Å²) >= 11 is 0. The Morgan fingerprint density at radius 1 is 1.29 bits per heavy atom. The predicted octanol–water partition coefficient (Wildman–Crippen LogP) is 2.29. The summed E-state index contributed by atoms with van der Waals surface area (Å²) in [6.07, 6.45) is 2.73. The van der Waals surface area contributed by atoms with Gasteiger partial charge in [0.25, 0.3) is 0 Å². The van der Waals surface area contributed by atoms with Gasteiger partial charge < -0.3 is 5.32 Å². The summed E-state index contributed by atoms with van der Waals surface area (Å²) in [6.45, 7) is 4.55. The predicted molar refractivity (Wildman–Crippen MR) is 82.7 cm³/mol. The van der Waals surface area contributed by atoms with E-state index in [9.17, 15) is 13.2 Å². The quantitative estimate of drug-likeness (QED) is 0.876. The molecule has 1 aromatic rings. The van der Waals surface area contributed by atoms with Crippen molar-refractivity contribution >= 4 is 21.6 Å². The van der Waals surface area contributed by atoms with Crippen LogP contribution in [0.2, 0.25) is 0 Å². The zero-order chi connectivity index (χ0) is 15.5. The highest BCUT2D eigenvalue weighted by atomic mass is 32.2. The number of anilines is 1. The Balaban J connectivity index is 2.17. The molecule has 5 nitrogen and oxygen atoms in total. The summed E-state index contributed by atoms with van der Waals surface area (Å²) in [5, 5.41) is 2.80. The van der Waals surface area contributed by atoms with Crippen molar-refractivity contribution in [3.05, 3.63) is 23.8 Å². The Morgan fingerprint density at radius 2 is 2.05 bits per heavy atom. The minimum absolute atomic E-state index is 0.0144. The van der Waals surface area contributed by atoms with Gasteiger partial charge in [0.05, 0.1) is 4.90 Å². The number of hydrogen-bond donors (Lipinski definition) is 2. The van der Waals surface area contributed by atoms with E-state index in [0.717, 1.165) is 24.1 Å². The third-order valence-corrected chi connectivity index (χ3v) is 4.98. The van der Waals surface area contributed by atoms with E-state index in [0.29, 0.717) is 25.3 Å². The molecular formula is C15H22N2O3S. The Morgan fingerprint density at radius 3 is 2.76 bits per heavy atom. The lowest BCUT2D eigenvalue weighted by Gasteiger charge is -2.11. The molecule has 0 atom stereocenters. The normalized spacial score (nSPS) is 15.5. The maximum absolute atomic E-state index is 12.3. The molecule has 0 spiro atoms. The van der Waals surface area contributed by atoms with Gasteiger partial charge in [-0.15, -0.1) is 0 Å². The molecule has 1 heterocycles. The van der Waals surface area contributed by atoms with E-state index in [2.05, 4.69) is 23.9 Å². The van der Waals surface area contributed by atoms with Crippen LogP contribution in [0.25, 0.3) is 0 Å². The molecule has 21 heavy (non-hydrogen) atoms. The van der Waals surface area contributed by atoms with Crippen molar-refractivity contribution in [2.75, 3.05) is 11.9 Å². The molecule has 116 valence electrons. The number of amides is 1. The average Bonchev–Trinajstić information content (AvgIpc) is 2.57. The molecule has 2 N–H and O–H groups in total. The molecule has 0 saturated carbocycles. The second-order valence-corrected chi connectivity index (χ2v) is 7.57. The first-order valence-electron chi connectivity index (χ1n) is 7.31. The second kappa shape index (κ2) is 6.58. The minimum atomic E-state index is -3.48. The molecule has 0 aliphatic carbocycles. The smallest absolute Gasteiger partial charge is 0.240 e. The van der Waals surface area contributed by atoms with Crippen LogP contribution in [0.5, 0.6) is 0 Å². The van der Waals surface area contributed by atoms with Crippen LogP contribution >= 0.6 is 0 Å². The Labute approximate surface area is 126 Å². The van der Waals surface area contributed by atoms with Crippen LogP contribution in [0, 0.1) is 5.92 Å². The number of carbonyl (C=O) groups is 1. The largest absolute Gasteiger partial charge is 0.326 e. The summed E-state index contributed by atoms with van der Waals surface area (Å²) in [4.78, 5) is 11.8. The van der Waals surface area contributed by atoms with Crippen molar-refractivity contribution in [2.45, 2.75) is 44.4 Å². The molecule has 0 radical (unpaired) electrons. The molecule has 0 fully saturated rings. The molecule has 1 aliphatic heterocycles. The fraction of sp³-hybridized carbons (Fsp3) is 0.533. The maximum Gasteiger partial charge on any atom is 0.240 e. The van der Waals surface area contributed by atoms with Gasteiger partial charge in [0.1, 0.15) is 0 Å². The fourth-order valence-corrected chi connectivity index (χ4v) is 3.38. The maximum atomic E-state index is 12.3. The molecular weight excluding hydrogens is 288 g/mol. The van der Waals surface area contributed by atoms with E-state index in [1.807, 2.05) is 0 Å². The number of hydrogen-bond acceptors (Lipinski definition) is 3. The van der Waals surface area contributed by atoms with Gasteiger partial charge in [-0.25, -0.2) is 13.1 Å². The molecule has 1 amide bonds. The third-order valence-electron chi connectivity index (χ3n) is 3.52. The van der Waals surface area contributed by atoms with Crippen LogP contribution < -0.4 is 10.0 Å². The highest BCUT2D eigenvalue weighted by Gasteiger charge is 2.18. The first-order chi connectivity index (χ1) is 9.88. The number of benzene rings is 1. The zero-order valence-corrected chi connectivity index (χ0v) is 13.3. The van der Waals surface area contributed by atoms with Gasteiger partial charge in [0, 0.05) is 18.7 Å². The topological polar surface area (TPSA) is 75.3 Å². The molecule has 2 rings (SSSR count). The summed E-state index contributed by atoms with van der Waals surface area (Å²) in [5.41, 5.74) is 1.60. The van der Waals surface area contributed by atoms with Crippen LogP contribution in [-0.4, -0.2) is 20.9 Å². The summed E-state index contributed by atoms with van der Waals surface area (Å²) < 4.78 is 27.1. The van der Waals surface area contributed by atoms with E-state index in [1.54, 1.807) is 18.2 Å². The van der Waals surface area contributed by atoms with Gasteiger partial charge in [0.15, 0.2) is 0 Å². The van der Waals surface area contributed by atoms with Crippen molar-refractivity contribution < 1.29 is 13.2 Å². The van der Waals surface area contributed by atoms with E-state index >= 15 is 0 Å². The standard InChI is InChI=1S/C15H22N2O3S/c1-11(2)8-9-16-21(19,20)13-6-7-14-12(10-13)4-3-5-15(18)17-14/h6-7,10-11,16H,3-5,8-9H2,1-2H3,(H,17,18). The van der Waals surface area contributed by atoms with Crippen LogP contribution in [0.1, 0.15) is 38.7 Å². The molecule has 6 heteroatoms. The minimum Gasteiger partial charge on any atom is -0.326 e. The van der Waals surface area contributed by atoms with E-state index in [1.165, 1.54) is 0 Å². The van der Waals surface area contributed by atoms with Gasteiger partial charge in [-0.2, -0.15) is 0 Å². The highest BCUT2D eigenvalue weighted by Crippen LogP contribution is 2.25. The van der Waals surface area contributed by atoms with Gasteiger partial charge >= 0.3 is 0 Å². The molecule has 0 aromatic heterocycles. The first-order valence-corrected chi connectivity index (χ1v) is 8.79. The summed E-state index contributed by atoms with van der Waals surface area (Å²) in [6, 6.07) is 4.89. The Bertz CT molecular complexity index is 624. The van der Waals surface area contributed by atoms with Crippen LogP contribution in [-0.2, 0) is 21.2 Å². The second-order valence-electron chi connectivity index (χ2n) is 5.80. The summed E-state index contributed by atoms with van der Waals surface area (Å²) in [5.74, 6) is 0.439. The number of nitrogens with one attached hydrogen (secondary N) is 2. The fourth-order valence-electron chi connectivity index (χ4n) is 2.28. The SMILES string of the molecule is CC(C)CCNS(=O)(=O)c1ccc2c(c1)CCCC(=O)N2. The Hall–Kier alpha value is -1.40. The van der Waals surface area contributed by atoms with Gasteiger partial charge in [0.2, 0.25) is 15.9 Å². The average molecular weight is 310 g/mol. The lowest BCUT2D eigenvalue weighted by Crippen LogP contribution is -2.25. The van der Waals surface area contributed by atoms with Crippen molar-refractivity contribution in [3.8, 4) is 0 Å². The number of rotatable bonds is 5. The number of aryl methyl sites for hydroxylation is 1. The molecule has 0 bridgehead atoms. The van der Waals surface area contributed by atoms with Gasteiger partial charge in [-0.3, -0.25) is 4.79 Å². The van der Waals surface area contributed by atoms with Crippen molar-refractivity contribution in [1.82, 2.24) is 4.72 Å². The lowest BCUT2D eigenvalue weighted by atomic mass is 10.1. The van der Waals surface area contributed by atoms with E-state index < -0.39 is 10.0 Å².